The van der Waals surface area contributed by atoms with Gasteiger partial charge in [-0.25, -0.2) is 4.98 Å². The third-order valence-electron chi connectivity index (χ3n) is 4.29. The average Bonchev–Trinajstić information content (AvgIpc) is 3.23. The molecule has 0 bridgehead atoms. The van der Waals surface area contributed by atoms with Crippen LogP contribution in [-0.4, -0.2) is 10.9 Å². The summed E-state index contributed by atoms with van der Waals surface area (Å²) in [5, 5.41) is 4.33. The number of nitrogens with one attached hydrogen (secondary N) is 1. The quantitative estimate of drug-likeness (QED) is 0.633. The van der Waals surface area contributed by atoms with E-state index in [0.29, 0.717) is 5.13 Å². The van der Waals surface area contributed by atoms with Gasteiger partial charge in [0.2, 0.25) is 0 Å². The predicted octanol–water partition coefficient (Wildman–Crippen LogP) is 5.58. The second-order valence-electron chi connectivity index (χ2n) is 6.16. The Morgan fingerprint density at radius 3 is 2.76 bits per heavy atom. The fourth-order valence-corrected chi connectivity index (χ4v) is 5.13. The van der Waals surface area contributed by atoms with Crippen LogP contribution in [0.15, 0.2) is 36.5 Å². The molecule has 1 aromatic carbocycles. The number of rotatable bonds is 4. The number of amides is 1. The van der Waals surface area contributed by atoms with Crippen molar-refractivity contribution in [1.29, 1.82) is 0 Å². The normalized spacial score (nSPS) is 13.5. The number of aryl methyl sites for hydroxylation is 2. The molecule has 0 radical (unpaired) electrons. The maximum absolute atomic E-state index is 12.5. The summed E-state index contributed by atoms with van der Waals surface area (Å²) in [6, 6.07) is 9.85. The van der Waals surface area contributed by atoms with Crippen molar-refractivity contribution in [2.75, 3.05) is 5.32 Å². The zero-order valence-corrected chi connectivity index (χ0v) is 15.9. The third-order valence-corrected chi connectivity index (χ3v) is 6.69. The molecule has 0 fully saturated rings. The molecule has 25 heavy (non-hydrogen) atoms. The molecule has 2 aromatic heterocycles. The maximum Gasteiger partial charge on any atom is 0.267 e. The molecule has 0 aliphatic heterocycles. The molecule has 0 atom stereocenters. The second-order valence-corrected chi connectivity index (χ2v) is 8.84. The number of aromatic nitrogens is 1. The van der Waals surface area contributed by atoms with Crippen molar-refractivity contribution in [3.8, 4) is 0 Å². The molecule has 0 unspecified atom stereocenters. The Morgan fingerprint density at radius 2 is 1.96 bits per heavy atom. The van der Waals surface area contributed by atoms with E-state index in [1.54, 1.807) is 11.3 Å². The van der Waals surface area contributed by atoms with E-state index >= 15 is 0 Å². The number of carbonyl (C=O) groups excluding carboxylic acids is 1. The molecule has 6 heteroatoms. The first-order valence-electron chi connectivity index (χ1n) is 8.29. The summed E-state index contributed by atoms with van der Waals surface area (Å²) < 4.78 is 0. The number of nitrogens with zero attached hydrogens (tertiary/aromatic N) is 1. The van der Waals surface area contributed by atoms with Gasteiger partial charge in [0.15, 0.2) is 5.13 Å². The smallest absolute Gasteiger partial charge is 0.267 e. The lowest BCUT2D eigenvalue weighted by Crippen LogP contribution is -2.09. The molecular weight excluding hydrogens is 372 g/mol. The summed E-state index contributed by atoms with van der Waals surface area (Å²) in [5.41, 5.74) is 2.53. The number of carbonyl (C=O) groups is 1. The third kappa shape index (κ3) is 3.94. The van der Waals surface area contributed by atoms with Crippen LogP contribution >= 0.6 is 34.3 Å². The van der Waals surface area contributed by atoms with E-state index in [9.17, 15) is 4.79 Å². The number of hydrogen-bond acceptors (Lipinski definition) is 4. The minimum Gasteiger partial charge on any atom is -0.297 e. The van der Waals surface area contributed by atoms with Crippen LogP contribution in [0.3, 0.4) is 0 Å². The Bertz CT molecular complexity index is 875. The maximum atomic E-state index is 12.5. The number of anilines is 1. The van der Waals surface area contributed by atoms with Gasteiger partial charge in [0.25, 0.3) is 5.91 Å². The van der Waals surface area contributed by atoms with Crippen LogP contribution in [0.5, 0.6) is 0 Å². The molecule has 1 N–H and O–H groups in total. The number of thiophene rings is 1. The van der Waals surface area contributed by atoms with Gasteiger partial charge >= 0.3 is 0 Å². The Morgan fingerprint density at radius 1 is 1.16 bits per heavy atom. The Labute approximate surface area is 159 Å². The summed E-state index contributed by atoms with van der Waals surface area (Å²) in [4.78, 5) is 20.1. The fraction of sp³-hybridized carbons (Fsp3) is 0.263. The van der Waals surface area contributed by atoms with Gasteiger partial charge in [0.1, 0.15) is 0 Å². The molecule has 4 rings (SSSR count). The highest BCUT2D eigenvalue weighted by Gasteiger charge is 2.18. The molecule has 1 aliphatic rings. The molecule has 128 valence electrons. The summed E-state index contributed by atoms with van der Waals surface area (Å²) in [6.07, 6.45) is 7.28. The monoisotopic (exact) mass is 388 g/mol. The molecular formula is C19H17ClN2OS2. The number of thiazole rings is 1. The molecule has 3 aromatic rings. The van der Waals surface area contributed by atoms with E-state index in [0.717, 1.165) is 34.0 Å². The summed E-state index contributed by atoms with van der Waals surface area (Å²) in [7, 11) is 0. The van der Waals surface area contributed by atoms with Crippen molar-refractivity contribution >= 4 is 45.3 Å². The SMILES string of the molecule is O=C(Nc1ncc(Cc2ccc(Cl)cc2)s1)c1cc2c(s1)CCCC2. The van der Waals surface area contributed by atoms with E-state index in [1.807, 2.05) is 30.5 Å². The number of hydrogen-bond donors (Lipinski definition) is 1. The zero-order chi connectivity index (χ0) is 17.2. The lowest BCUT2D eigenvalue weighted by Gasteiger charge is -2.08. The number of benzene rings is 1. The lowest BCUT2D eigenvalue weighted by molar-refractivity contribution is 0.103. The van der Waals surface area contributed by atoms with Gasteiger partial charge in [-0.1, -0.05) is 23.7 Å². The molecule has 0 spiro atoms. The highest BCUT2D eigenvalue weighted by molar-refractivity contribution is 7.16. The van der Waals surface area contributed by atoms with Gasteiger partial charge in [0, 0.05) is 27.4 Å². The van der Waals surface area contributed by atoms with Crippen molar-refractivity contribution in [1.82, 2.24) is 4.98 Å². The molecule has 1 amide bonds. The molecule has 2 heterocycles. The molecule has 0 saturated heterocycles. The van der Waals surface area contributed by atoms with E-state index in [1.165, 1.54) is 40.2 Å². The van der Waals surface area contributed by atoms with E-state index < -0.39 is 0 Å². The van der Waals surface area contributed by atoms with Gasteiger partial charge in [0.05, 0.1) is 4.88 Å². The topological polar surface area (TPSA) is 42.0 Å². The lowest BCUT2D eigenvalue weighted by atomic mass is 9.99. The number of fused-ring (bicyclic) bond motifs is 1. The van der Waals surface area contributed by atoms with Crippen molar-refractivity contribution in [3.63, 3.8) is 0 Å². The Balaban J connectivity index is 1.42. The van der Waals surface area contributed by atoms with Crippen molar-refractivity contribution in [3.05, 3.63) is 67.3 Å². The molecule has 1 aliphatic carbocycles. The van der Waals surface area contributed by atoms with Gasteiger partial charge in [-0.05, 0) is 55.0 Å². The predicted molar refractivity (Wildman–Crippen MR) is 105 cm³/mol. The molecule has 0 saturated carbocycles. The van der Waals surface area contributed by atoms with Crippen molar-refractivity contribution in [2.45, 2.75) is 32.1 Å². The minimum absolute atomic E-state index is 0.0493. The second kappa shape index (κ2) is 7.28. The van der Waals surface area contributed by atoms with Gasteiger partial charge in [-0.3, -0.25) is 10.1 Å². The Hall–Kier alpha value is -1.69. The summed E-state index contributed by atoms with van der Waals surface area (Å²) in [6.45, 7) is 0. The van der Waals surface area contributed by atoms with Crippen LogP contribution in [0.4, 0.5) is 5.13 Å². The first-order valence-corrected chi connectivity index (χ1v) is 10.3. The first-order chi connectivity index (χ1) is 12.2. The molecule has 3 nitrogen and oxygen atoms in total. The van der Waals surface area contributed by atoms with E-state index in [2.05, 4.69) is 16.4 Å². The van der Waals surface area contributed by atoms with Gasteiger partial charge in [-0.15, -0.1) is 22.7 Å². The van der Waals surface area contributed by atoms with Crippen LogP contribution in [0.2, 0.25) is 5.02 Å². The fourth-order valence-electron chi connectivity index (χ4n) is 3.01. The highest BCUT2D eigenvalue weighted by Crippen LogP contribution is 2.30. The van der Waals surface area contributed by atoms with Crippen LogP contribution < -0.4 is 5.32 Å². The van der Waals surface area contributed by atoms with Crippen LogP contribution in [-0.2, 0) is 19.3 Å². The van der Waals surface area contributed by atoms with Crippen molar-refractivity contribution in [2.24, 2.45) is 0 Å². The van der Waals surface area contributed by atoms with E-state index in [4.69, 9.17) is 11.6 Å². The van der Waals surface area contributed by atoms with Gasteiger partial charge in [-0.2, -0.15) is 0 Å². The average molecular weight is 389 g/mol. The summed E-state index contributed by atoms with van der Waals surface area (Å²) >= 11 is 9.06. The first kappa shape index (κ1) is 16.8. The summed E-state index contributed by atoms with van der Waals surface area (Å²) in [5.74, 6) is -0.0493. The Kier molecular flexibility index (Phi) is 4.88. The standard InChI is InChI=1S/C19H17ClN2OS2/c20-14-7-5-12(6-8-14)9-15-11-21-19(24-15)22-18(23)17-10-13-3-1-2-4-16(13)25-17/h5-8,10-11H,1-4,9H2,(H,21,22,23). The largest absolute Gasteiger partial charge is 0.297 e. The van der Waals surface area contributed by atoms with Crippen LogP contribution in [0.25, 0.3) is 0 Å². The zero-order valence-electron chi connectivity index (χ0n) is 13.5. The van der Waals surface area contributed by atoms with Crippen LogP contribution in [0.1, 0.15) is 43.4 Å². The number of halogens is 1. The van der Waals surface area contributed by atoms with Crippen molar-refractivity contribution < 1.29 is 4.79 Å². The highest BCUT2D eigenvalue weighted by atomic mass is 35.5. The minimum atomic E-state index is -0.0493. The van der Waals surface area contributed by atoms with Gasteiger partial charge < -0.3 is 0 Å². The van der Waals surface area contributed by atoms with Crippen LogP contribution in [0, 0.1) is 0 Å². The van der Waals surface area contributed by atoms with E-state index in [-0.39, 0.29) is 5.91 Å².